The van der Waals surface area contributed by atoms with Crippen LogP contribution in [-0.4, -0.2) is 42.0 Å². The average molecular weight is 505 g/mol. The monoisotopic (exact) mass is 504 g/mol. The molecule has 0 amide bonds. The van der Waals surface area contributed by atoms with Crippen LogP contribution in [0.15, 0.2) is 36.4 Å². The number of alkyl halides is 3. The zero-order valence-corrected chi connectivity index (χ0v) is 20.0. The van der Waals surface area contributed by atoms with Crippen LogP contribution in [0.3, 0.4) is 0 Å². The number of ketones is 1. The van der Waals surface area contributed by atoms with Crippen LogP contribution >= 0.6 is 0 Å². The van der Waals surface area contributed by atoms with Crippen molar-refractivity contribution < 1.29 is 37.0 Å². The first kappa shape index (κ1) is 25.7. The van der Waals surface area contributed by atoms with Crippen LogP contribution in [-0.2, 0) is 32.0 Å². The number of hydrogen-bond acceptors (Lipinski definition) is 7. The van der Waals surface area contributed by atoms with Crippen LogP contribution in [0.4, 0.5) is 19.0 Å². The van der Waals surface area contributed by atoms with Crippen molar-refractivity contribution in [3.63, 3.8) is 0 Å². The molecule has 2 aromatic rings. The Labute approximate surface area is 206 Å². The Bertz CT molecular complexity index is 1160. The summed E-state index contributed by atoms with van der Waals surface area (Å²) in [4.78, 5) is 40.0. The number of aryl methyl sites for hydroxylation is 1. The lowest BCUT2D eigenvalue weighted by Gasteiger charge is -2.49. The maximum atomic E-state index is 12.6. The Morgan fingerprint density at radius 3 is 2.56 bits per heavy atom. The third kappa shape index (κ3) is 5.37. The van der Waals surface area contributed by atoms with Crippen molar-refractivity contribution >= 4 is 23.5 Å². The summed E-state index contributed by atoms with van der Waals surface area (Å²) in [5.41, 5.74) is 2.08. The fourth-order valence-corrected chi connectivity index (χ4v) is 4.98. The molecule has 1 N–H and O–H groups in total. The van der Waals surface area contributed by atoms with Crippen LogP contribution in [0.1, 0.15) is 49.4 Å². The molecule has 1 aliphatic carbocycles. The van der Waals surface area contributed by atoms with Crippen LogP contribution < -0.4 is 10.1 Å². The van der Waals surface area contributed by atoms with Crippen molar-refractivity contribution in [2.24, 2.45) is 11.3 Å². The summed E-state index contributed by atoms with van der Waals surface area (Å²) in [6.45, 7) is 4.77. The molecule has 2 heterocycles. The summed E-state index contributed by atoms with van der Waals surface area (Å²) in [6, 6.07) is 11.1. The highest BCUT2D eigenvalue weighted by Crippen LogP contribution is 2.55. The van der Waals surface area contributed by atoms with Gasteiger partial charge in [0.2, 0.25) is 0 Å². The van der Waals surface area contributed by atoms with Gasteiger partial charge in [-0.1, -0.05) is 32.0 Å². The van der Waals surface area contributed by atoms with Gasteiger partial charge in [-0.25, -0.2) is 9.78 Å². The zero-order chi connectivity index (χ0) is 26.1. The number of carbonyl (C=O) groups excluding carboxylic acids is 3. The number of halogens is 3. The first-order chi connectivity index (χ1) is 17.0. The predicted molar refractivity (Wildman–Crippen MR) is 123 cm³/mol. The number of Topliss-reactive ketones (excluding diaryl/α,β-unsaturated/α-hetero) is 1. The van der Waals surface area contributed by atoms with Gasteiger partial charge in [0.1, 0.15) is 17.4 Å². The van der Waals surface area contributed by atoms with Gasteiger partial charge in [-0.15, -0.1) is 0 Å². The molecule has 2 aliphatic rings. The third-order valence-corrected chi connectivity index (χ3v) is 6.79. The van der Waals surface area contributed by atoms with E-state index in [4.69, 9.17) is 4.74 Å². The van der Waals surface area contributed by atoms with Crippen LogP contribution in [0.25, 0.3) is 0 Å². The van der Waals surface area contributed by atoms with Crippen molar-refractivity contribution in [3.8, 4) is 5.75 Å². The van der Waals surface area contributed by atoms with E-state index in [-0.39, 0.29) is 5.78 Å². The second-order valence-electron chi connectivity index (χ2n) is 9.64. The summed E-state index contributed by atoms with van der Waals surface area (Å²) >= 11 is 0. The van der Waals surface area contributed by atoms with Gasteiger partial charge < -0.3 is 14.8 Å². The molecule has 1 aromatic heterocycles. The molecule has 7 nitrogen and oxygen atoms in total. The van der Waals surface area contributed by atoms with E-state index in [0.29, 0.717) is 18.8 Å². The van der Waals surface area contributed by atoms with E-state index in [1.54, 1.807) is 38.1 Å². The molecule has 0 saturated heterocycles. The number of pyridine rings is 1. The summed E-state index contributed by atoms with van der Waals surface area (Å²) in [5.74, 6) is -3.97. The average Bonchev–Trinajstić information content (AvgIpc) is 2.83. The van der Waals surface area contributed by atoms with E-state index in [9.17, 15) is 27.6 Å². The molecule has 1 aliphatic heterocycles. The standard InChI is InChI=1S/C26H27F3N2O5/c1-25(2)21(19(22(25)33)14-20(32)36-24(34)26(27,28)29)15-6-9-18(10-7-15)35-13-11-17-8-5-16-4-3-12-30-23(16)31-17/h5-10,19,21H,3-4,11-14H2,1-2H3,(H,30,31). The normalized spacial score (nSPS) is 20.5. The number of nitrogens with one attached hydrogen (secondary N) is 1. The van der Waals surface area contributed by atoms with E-state index in [0.717, 1.165) is 36.5 Å². The second-order valence-corrected chi connectivity index (χ2v) is 9.64. The van der Waals surface area contributed by atoms with Gasteiger partial charge in [0.05, 0.1) is 13.0 Å². The summed E-state index contributed by atoms with van der Waals surface area (Å²) in [5, 5.41) is 3.31. The molecule has 4 rings (SSSR count). The highest BCUT2D eigenvalue weighted by molar-refractivity contribution is 5.99. The molecule has 1 aromatic carbocycles. The summed E-state index contributed by atoms with van der Waals surface area (Å²) < 4.78 is 46.8. The topological polar surface area (TPSA) is 94.6 Å². The first-order valence-electron chi connectivity index (χ1n) is 11.8. The Morgan fingerprint density at radius 2 is 1.86 bits per heavy atom. The molecule has 36 heavy (non-hydrogen) atoms. The summed E-state index contributed by atoms with van der Waals surface area (Å²) in [6.07, 6.45) is -3.13. The van der Waals surface area contributed by atoms with Crippen molar-refractivity contribution in [3.05, 3.63) is 53.2 Å². The van der Waals surface area contributed by atoms with Gasteiger partial charge in [0.25, 0.3) is 0 Å². The minimum atomic E-state index is -5.28. The highest BCUT2D eigenvalue weighted by atomic mass is 19.4. The van der Waals surface area contributed by atoms with Gasteiger partial charge in [-0.2, -0.15) is 13.2 Å². The minimum absolute atomic E-state index is 0.267. The molecule has 10 heteroatoms. The number of esters is 2. The Morgan fingerprint density at radius 1 is 1.14 bits per heavy atom. The van der Waals surface area contributed by atoms with E-state index >= 15 is 0 Å². The van der Waals surface area contributed by atoms with E-state index in [1.165, 1.54) is 5.56 Å². The molecule has 0 spiro atoms. The van der Waals surface area contributed by atoms with Crippen molar-refractivity contribution in [2.75, 3.05) is 18.5 Å². The molecule has 192 valence electrons. The summed E-state index contributed by atoms with van der Waals surface area (Å²) in [7, 11) is 0. The molecule has 2 unspecified atom stereocenters. The third-order valence-electron chi connectivity index (χ3n) is 6.79. The largest absolute Gasteiger partial charge is 0.493 e. The number of aromatic nitrogens is 1. The van der Waals surface area contributed by atoms with Gasteiger partial charge in [-0.05, 0) is 42.2 Å². The number of fused-ring (bicyclic) bond motifs is 1. The number of benzene rings is 1. The number of carbonyl (C=O) groups is 3. The van der Waals surface area contributed by atoms with Crippen molar-refractivity contribution in [1.82, 2.24) is 4.98 Å². The highest BCUT2D eigenvalue weighted by Gasteiger charge is 2.57. The quantitative estimate of drug-likeness (QED) is 0.441. The number of anilines is 1. The van der Waals surface area contributed by atoms with Crippen LogP contribution in [0, 0.1) is 11.3 Å². The van der Waals surface area contributed by atoms with Crippen LogP contribution in [0.5, 0.6) is 5.75 Å². The number of nitrogens with zero attached hydrogens (tertiary/aromatic N) is 1. The lowest BCUT2D eigenvalue weighted by molar-refractivity contribution is -0.202. The number of hydrogen-bond donors (Lipinski definition) is 1. The minimum Gasteiger partial charge on any atom is -0.493 e. The van der Waals surface area contributed by atoms with Gasteiger partial charge in [0.15, 0.2) is 0 Å². The molecule has 0 radical (unpaired) electrons. The predicted octanol–water partition coefficient (Wildman–Crippen LogP) is 4.39. The van der Waals surface area contributed by atoms with Crippen LogP contribution in [0.2, 0.25) is 0 Å². The zero-order valence-electron chi connectivity index (χ0n) is 20.0. The van der Waals surface area contributed by atoms with Crippen molar-refractivity contribution in [2.45, 2.75) is 51.6 Å². The van der Waals surface area contributed by atoms with E-state index < -0.39 is 41.8 Å². The molecular formula is C26H27F3N2O5. The Hall–Kier alpha value is -3.43. The molecule has 0 bridgehead atoms. The van der Waals surface area contributed by atoms with E-state index in [2.05, 4.69) is 21.1 Å². The number of ether oxygens (including phenoxy) is 2. The molecule has 1 fully saturated rings. The maximum Gasteiger partial charge on any atom is 0.491 e. The smallest absolute Gasteiger partial charge is 0.491 e. The lowest BCUT2D eigenvalue weighted by atomic mass is 9.51. The SMILES string of the molecule is CC1(C)C(=O)C(CC(=O)OC(=O)C(F)(F)F)C1c1ccc(OCCc2ccc3c(n2)NCCC3)cc1. The lowest BCUT2D eigenvalue weighted by Crippen LogP contribution is -2.53. The maximum absolute atomic E-state index is 12.6. The molecule has 1 saturated carbocycles. The Kier molecular flexibility index (Phi) is 7.06. The van der Waals surface area contributed by atoms with Crippen molar-refractivity contribution in [1.29, 1.82) is 0 Å². The fourth-order valence-electron chi connectivity index (χ4n) is 4.98. The number of rotatable bonds is 7. The first-order valence-corrected chi connectivity index (χ1v) is 11.8. The fraction of sp³-hybridized carbons (Fsp3) is 0.462. The molecular weight excluding hydrogens is 477 g/mol. The van der Waals surface area contributed by atoms with Gasteiger partial charge >= 0.3 is 18.1 Å². The van der Waals surface area contributed by atoms with Gasteiger partial charge in [0, 0.05) is 35.9 Å². The second kappa shape index (κ2) is 9.91. The Balaban J connectivity index is 1.34. The van der Waals surface area contributed by atoms with Gasteiger partial charge in [-0.3, -0.25) is 9.59 Å². The molecule has 2 atom stereocenters. The van der Waals surface area contributed by atoms with E-state index in [1.807, 2.05) is 6.07 Å².